The Bertz CT molecular complexity index is 1090. The van der Waals surface area contributed by atoms with E-state index in [1.54, 1.807) is 47.7 Å². The van der Waals surface area contributed by atoms with E-state index in [1.807, 2.05) is 0 Å². The molecule has 4 rings (SSSR count). The highest BCUT2D eigenvalue weighted by Crippen LogP contribution is 2.31. The van der Waals surface area contributed by atoms with Gasteiger partial charge in [0.1, 0.15) is 4.21 Å². The number of likely N-dealkylation sites (tertiary alicyclic amines) is 1. The van der Waals surface area contributed by atoms with E-state index in [1.165, 1.54) is 4.90 Å². The second kappa shape index (κ2) is 10.1. The van der Waals surface area contributed by atoms with Crippen molar-refractivity contribution >= 4 is 44.5 Å². The molecule has 0 unspecified atom stereocenters. The number of amides is 2. The largest absolute Gasteiger partial charge is 0.367 e. The number of nitrogens with one attached hydrogen (secondary N) is 2. The molecule has 1 aromatic heterocycles. The predicted molar refractivity (Wildman–Crippen MR) is 129 cm³/mol. The number of benzene rings is 1. The molecule has 0 radical (unpaired) electrons. The summed E-state index contributed by atoms with van der Waals surface area (Å²) in [7, 11) is -2.19. The molecule has 2 aliphatic heterocycles. The van der Waals surface area contributed by atoms with Crippen LogP contribution in [0.1, 0.15) is 23.2 Å². The van der Waals surface area contributed by atoms with Crippen molar-refractivity contribution in [1.82, 2.24) is 15.1 Å². The average molecular weight is 492 g/mol. The van der Waals surface area contributed by atoms with Crippen molar-refractivity contribution in [3.63, 3.8) is 0 Å². The van der Waals surface area contributed by atoms with E-state index in [4.69, 9.17) is 0 Å². The van der Waals surface area contributed by atoms with Crippen molar-refractivity contribution < 1.29 is 18.0 Å². The van der Waals surface area contributed by atoms with Gasteiger partial charge in [-0.25, -0.2) is 8.42 Å². The van der Waals surface area contributed by atoms with Gasteiger partial charge in [-0.3, -0.25) is 14.3 Å². The zero-order valence-corrected chi connectivity index (χ0v) is 20.3. The summed E-state index contributed by atoms with van der Waals surface area (Å²) < 4.78 is 28.7. The average Bonchev–Trinajstić information content (AvgIpc) is 3.54. The Hall–Kier alpha value is -2.63. The molecule has 0 atom stereocenters. The highest BCUT2D eigenvalue weighted by molar-refractivity contribution is 7.94. The highest BCUT2D eigenvalue weighted by atomic mass is 32.2. The van der Waals surface area contributed by atoms with E-state index in [2.05, 4.69) is 14.9 Å². The van der Waals surface area contributed by atoms with E-state index in [0.29, 0.717) is 11.3 Å². The molecule has 0 bridgehead atoms. The number of piperazine rings is 1. The second-order valence-corrected chi connectivity index (χ2v) is 11.1. The number of nitrogens with zero attached hydrogens (tertiary/aromatic N) is 3. The van der Waals surface area contributed by atoms with Crippen LogP contribution in [0.2, 0.25) is 0 Å². The fourth-order valence-electron chi connectivity index (χ4n) is 4.11. The zero-order valence-electron chi connectivity index (χ0n) is 18.6. The molecule has 33 heavy (non-hydrogen) atoms. The Morgan fingerprint density at radius 1 is 1.12 bits per heavy atom. The Labute approximate surface area is 198 Å². The van der Waals surface area contributed by atoms with Crippen LogP contribution in [0.25, 0.3) is 0 Å². The third-order valence-electron chi connectivity index (χ3n) is 5.88. The second-order valence-electron chi connectivity index (χ2n) is 8.26. The summed E-state index contributed by atoms with van der Waals surface area (Å²) in [5.41, 5.74) is 1.41. The van der Waals surface area contributed by atoms with Gasteiger partial charge < -0.3 is 20.0 Å². The molecule has 9 nitrogen and oxygen atoms in total. The number of hydrogen-bond donors (Lipinski definition) is 2. The van der Waals surface area contributed by atoms with E-state index < -0.39 is 10.0 Å². The van der Waals surface area contributed by atoms with Gasteiger partial charge >= 0.3 is 0 Å². The van der Waals surface area contributed by atoms with Gasteiger partial charge in [-0.15, -0.1) is 11.3 Å². The lowest BCUT2D eigenvalue weighted by atomic mass is 10.1. The quantitative estimate of drug-likeness (QED) is 0.611. The maximum absolute atomic E-state index is 13.1. The number of thiophene rings is 1. The van der Waals surface area contributed by atoms with Gasteiger partial charge in [0.15, 0.2) is 0 Å². The Morgan fingerprint density at radius 3 is 2.52 bits per heavy atom. The zero-order chi connectivity index (χ0) is 23.4. The Balaban J connectivity index is 1.59. The van der Waals surface area contributed by atoms with E-state index in [-0.39, 0.29) is 22.6 Å². The molecule has 2 amide bonds. The lowest BCUT2D eigenvalue weighted by Crippen LogP contribution is -2.44. The minimum absolute atomic E-state index is 0.00532. The third-order valence-corrected chi connectivity index (χ3v) is 8.65. The van der Waals surface area contributed by atoms with Gasteiger partial charge in [0, 0.05) is 51.9 Å². The molecule has 2 saturated heterocycles. The summed E-state index contributed by atoms with van der Waals surface area (Å²) in [6.07, 6.45) is 1.98. The van der Waals surface area contributed by atoms with Crippen LogP contribution in [0.4, 0.5) is 11.4 Å². The fraction of sp³-hybridized carbons (Fsp3) is 0.455. The van der Waals surface area contributed by atoms with Crippen LogP contribution in [0.5, 0.6) is 0 Å². The Morgan fingerprint density at radius 2 is 1.85 bits per heavy atom. The molecule has 3 heterocycles. The fourth-order valence-corrected chi connectivity index (χ4v) is 6.16. The van der Waals surface area contributed by atoms with Gasteiger partial charge in [-0.05, 0) is 42.5 Å². The summed E-state index contributed by atoms with van der Waals surface area (Å²) in [5.74, 6) is -0.398. The molecule has 0 aliphatic carbocycles. The lowest BCUT2D eigenvalue weighted by molar-refractivity contribution is -0.130. The third kappa shape index (κ3) is 5.48. The molecule has 2 N–H and O–H groups in total. The van der Waals surface area contributed by atoms with Gasteiger partial charge in [-0.2, -0.15) is 0 Å². The summed E-state index contributed by atoms with van der Waals surface area (Å²) in [4.78, 5) is 30.8. The molecule has 2 aliphatic rings. The molecule has 1 aromatic carbocycles. The molecule has 0 saturated carbocycles. The number of hydrogen-bond acceptors (Lipinski definition) is 7. The predicted octanol–water partition coefficient (Wildman–Crippen LogP) is 1.65. The number of likely N-dealkylation sites (N-methyl/N-ethyl adjacent to an activating group) is 1. The highest BCUT2D eigenvalue weighted by Gasteiger charge is 2.25. The molecule has 11 heteroatoms. The van der Waals surface area contributed by atoms with Crippen LogP contribution in [0.3, 0.4) is 0 Å². The van der Waals surface area contributed by atoms with Crippen LogP contribution in [0.15, 0.2) is 39.9 Å². The molecular weight excluding hydrogens is 462 g/mol. The van der Waals surface area contributed by atoms with Gasteiger partial charge in [0.25, 0.3) is 15.9 Å². The number of sulfonamides is 1. The van der Waals surface area contributed by atoms with Crippen molar-refractivity contribution in [3.05, 3.63) is 41.3 Å². The van der Waals surface area contributed by atoms with Gasteiger partial charge in [-0.1, -0.05) is 6.07 Å². The first-order chi connectivity index (χ1) is 15.8. The molecule has 2 aromatic rings. The summed E-state index contributed by atoms with van der Waals surface area (Å²) in [6.45, 7) is 4.49. The molecule has 178 valence electrons. The van der Waals surface area contributed by atoms with Crippen molar-refractivity contribution in [2.24, 2.45) is 0 Å². The summed E-state index contributed by atoms with van der Waals surface area (Å²) in [6, 6.07) is 8.27. The maximum Gasteiger partial charge on any atom is 0.271 e. The first kappa shape index (κ1) is 23.5. The maximum atomic E-state index is 13.1. The lowest BCUT2D eigenvalue weighted by Gasteiger charge is -2.31. The molecule has 2 fully saturated rings. The number of rotatable bonds is 7. The Kier molecular flexibility index (Phi) is 7.20. The van der Waals surface area contributed by atoms with E-state index >= 15 is 0 Å². The van der Waals surface area contributed by atoms with Crippen LogP contribution in [0, 0.1) is 0 Å². The van der Waals surface area contributed by atoms with Crippen LogP contribution >= 0.6 is 11.3 Å². The first-order valence-electron chi connectivity index (χ1n) is 11.0. The smallest absolute Gasteiger partial charge is 0.271 e. The van der Waals surface area contributed by atoms with Crippen molar-refractivity contribution in [2.45, 2.75) is 17.1 Å². The minimum atomic E-state index is -3.78. The summed E-state index contributed by atoms with van der Waals surface area (Å²) >= 11 is 1.13. The van der Waals surface area contributed by atoms with Crippen molar-refractivity contribution in [3.8, 4) is 0 Å². The monoisotopic (exact) mass is 491 g/mol. The van der Waals surface area contributed by atoms with Crippen LogP contribution < -0.4 is 14.9 Å². The van der Waals surface area contributed by atoms with Crippen LogP contribution in [-0.4, -0.2) is 82.9 Å². The minimum Gasteiger partial charge on any atom is -0.367 e. The van der Waals surface area contributed by atoms with Crippen molar-refractivity contribution in [2.75, 3.05) is 62.5 Å². The van der Waals surface area contributed by atoms with Gasteiger partial charge in [0.05, 0.1) is 17.9 Å². The topological polar surface area (TPSA) is 102 Å². The van der Waals surface area contributed by atoms with Crippen molar-refractivity contribution in [1.29, 1.82) is 0 Å². The number of carbonyl (C=O) groups excluding carboxylic acids is 2. The van der Waals surface area contributed by atoms with E-state index in [0.717, 1.165) is 69.1 Å². The molecular formula is C22H29N5O4S2. The number of carbonyl (C=O) groups is 2. The first-order valence-corrected chi connectivity index (χ1v) is 13.4. The standard InChI is InChI=1S/C22H29N5O4S2/c1-25(16-20(28)27-10-2-3-11-27)22(29)17-6-7-19(26-12-8-23-9-13-26)18(15-17)24-33(30,31)21-5-4-14-32-21/h4-7,14-15,23-24H,2-3,8-13,16H2,1H3. The normalized spacial score (nSPS) is 16.6. The number of anilines is 2. The van der Waals surface area contributed by atoms with E-state index in [9.17, 15) is 18.0 Å². The summed E-state index contributed by atoms with van der Waals surface area (Å²) in [5, 5.41) is 4.99. The van der Waals surface area contributed by atoms with Gasteiger partial charge in [0.2, 0.25) is 5.91 Å². The van der Waals surface area contributed by atoms with Crippen LogP contribution in [-0.2, 0) is 14.8 Å². The SMILES string of the molecule is CN(CC(=O)N1CCCC1)C(=O)c1ccc(N2CCNCC2)c(NS(=O)(=O)c2cccs2)c1. The molecule has 0 spiro atoms.